The summed E-state index contributed by atoms with van der Waals surface area (Å²) in [5, 5.41) is 21.9. The number of ether oxygens (including phenoxy) is 1. The number of benzene rings is 2. The number of nitro groups is 1. The molecule has 9 heteroatoms. The van der Waals surface area contributed by atoms with Gasteiger partial charge in [-0.3, -0.25) is 14.9 Å². The average Bonchev–Trinajstić information content (AvgIpc) is 2.56. The molecule has 2 aromatic carbocycles. The summed E-state index contributed by atoms with van der Waals surface area (Å²) < 4.78 is 18.2. The van der Waals surface area contributed by atoms with Crippen LogP contribution in [0.1, 0.15) is 5.56 Å². The third-order valence-corrected chi connectivity index (χ3v) is 3.16. The number of non-ortho nitro benzene ring substituents is 1. The van der Waals surface area contributed by atoms with Gasteiger partial charge < -0.3 is 10.1 Å². The molecule has 0 aliphatic rings. The van der Waals surface area contributed by atoms with E-state index >= 15 is 0 Å². The highest BCUT2D eigenvalue weighted by Gasteiger charge is 2.13. The van der Waals surface area contributed by atoms with Gasteiger partial charge in [0.25, 0.3) is 11.6 Å². The van der Waals surface area contributed by atoms with E-state index in [1.165, 1.54) is 18.2 Å². The molecule has 0 saturated heterocycles. The number of amides is 1. The van der Waals surface area contributed by atoms with E-state index in [2.05, 4.69) is 5.32 Å². The molecule has 0 heterocycles. The SMILES string of the molecule is N#Cc1cc([N+](=O)[O-])ccc1NC(=O)COc1ccc(F)c(Cl)c1. The maximum atomic E-state index is 13.0. The number of halogens is 2. The first kappa shape index (κ1) is 17.2. The van der Waals surface area contributed by atoms with Gasteiger partial charge in [-0.2, -0.15) is 5.26 Å². The lowest BCUT2D eigenvalue weighted by Gasteiger charge is -2.09. The fourth-order valence-electron chi connectivity index (χ4n) is 1.75. The van der Waals surface area contributed by atoms with Gasteiger partial charge >= 0.3 is 0 Å². The smallest absolute Gasteiger partial charge is 0.270 e. The molecule has 24 heavy (non-hydrogen) atoms. The Hall–Kier alpha value is -3.18. The summed E-state index contributed by atoms with van der Waals surface area (Å²) in [4.78, 5) is 21.9. The Bertz CT molecular complexity index is 851. The van der Waals surface area contributed by atoms with E-state index in [-0.39, 0.29) is 27.7 Å². The van der Waals surface area contributed by atoms with Crippen molar-refractivity contribution in [2.75, 3.05) is 11.9 Å². The lowest BCUT2D eigenvalue weighted by molar-refractivity contribution is -0.384. The summed E-state index contributed by atoms with van der Waals surface area (Å²) in [6.45, 7) is -0.413. The summed E-state index contributed by atoms with van der Waals surface area (Å²) in [5.74, 6) is -1.01. The second-order valence-corrected chi connectivity index (χ2v) is 4.92. The molecule has 122 valence electrons. The van der Waals surface area contributed by atoms with E-state index in [1.807, 2.05) is 0 Å². The third kappa shape index (κ3) is 4.18. The van der Waals surface area contributed by atoms with Crippen LogP contribution in [0.2, 0.25) is 5.02 Å². The highest BCUT2D eigenvalue weighted by atomic mass is 35.5. The molecule has 0 bridgehead atoms. The van der Waals surface area contributed by atoms with Gasteiger partial charge in [0.15, 0.2) is 6.61 Å². The van der Waals surface area contributed by atoms with E-state index in [4.69, 9.17) is 21.6 Å². The minimum Gasteiger partial charge on any atom is -0.484 e. The van der Waals surface area contributed by atoms with Gasteiger partial charge in [-0.25, -0.2) is 4.39 Å². The highest BCUT2D eigenvalue weighted by Crippen LogP contribution is 2.22. The number of hydrogen-bond donors (Lipinski definition) is 1. The first-order chi connectivity index (χ1) is 11.4. The molecule has 0 aliphatic carbocycles. The lowest BCUT2D eigenvalue weighted by atomic mass is 10.1. The molecule has 1 N–H and O–H groups in total. The van der Waals surface area contributed by atoms with E-state index in [9.17, 15) is 19.3 Å². The summed E-state index contributed by atoms with van der Waals surface area (Å²) in [5.41, 5.74) is -0.196. The maximum absolute atomic E-state index is 13.0. The Morgan fingerprint density at radius 1 is 1.38 bits per heavy atom. The van der Waals surface area contributed by atoms with E-state index < -0.39 is 23.3 Å². The van der Waals surface area contributed by atoms with Gasteiger partial charge in [0.1, 0.15) is 17.6 Å². The van der Waals surface area contributed by atoms with Crippen LogP contribution < -0.4 is 10.1 Å². The quantitative estimate of drug-likeness (QED) is 0.658. The van der Waals surface area contributed by atoms with Crippen molar-refractivity contribution in [1.82, 2.24) is 0 Å². The molecule has 0 aromatic heterocycles. The van der Waals surface area contributed by atoms with Crippen LogP contribution in [0.4, 0.5) is 15.8 Å². The highest BCUT2D eigenvalue weighted by molar-refractivity contribution is 6.30. The molecule has 0 spiro atoms. The Labute approximate surface area is 140 Å². The van der Waals surface area contributed by atoms with Crippen molar-refractivity contribution in [2.45, 2.75) is 0 Å². The number of nitrogens with zero attached hydrogens (tertiary/aromatic N) is 2. The van der Waals surface area contributed by atoms with Gasteiger partial charge in [0, 0.05) is 18.2 Å². The fraction of sp³-hybridized carbons (Fsp3) is 0.0667. The van der Waals surface area contributed by atoms with E-state index in [1.54, 1.807) is 6.07 Å². The van der Waals surface area contributed by atoms with Crippen molar-refractivity contribution >= 4 is 28.9 Å². The van der Waals surface area contributed by atoms with Crippen LogP contribution in [-0.4, -0.2) is 17.4 Å². The summed E-state index contributed by atoms with van der Waals surface area (Å²) in [7, 11) is 0. The minimum absolute atomic E-state index is 0.0534. The predicted molar refractivity (Wildman–Crippen MR) is 83.3 cm³/mol. The second kappa shape index (κ2) is 7.39. The molecular formula is C15H9ClFN3O4. The van der Waals surface area contributed by atoms with Gasteiger partial charge in [-0.1, -0.05) is 11.6 Å². The number of carbonyl (C=O) groups is 1. The zero-order chi connectivity index (χ0) is 17.7. The number of nitriles is 1. The molecule has 2 aromatic rings. The second-order valence-electron chi connectivity index (χ2n) is 4.51. The van der Waals surface area contributed by atoms with Crippen LogP contribution >= 0.6 is 11.6 Å². The van der Waals surface area contributed by atoms with Gasteiger partial charge in [0.05, 0.1) is 21.2 Å². The van der Waals surface area contributed by atoms with Crippen molar-refractivity contribution in [1.29, 1.82) is 5.26 Å². The molecule has 2 rings (SSSR count). The number of hydrogen-bond acceptors (Lipinski definition) is 5. The molecular weight excluding hydrogens is 341 g/mol. The van der Waals surface area contributed by atoms with E-state index in [0.717, 1.165) is 18.2 Å². The molecule has 0 atom stereocenters. The molecule has 0 fully saturated rings. The molecule has 7 nitrogen and oxygen atoms in total. The van der Waals surface area contributed by atoms with Crippen LogP contribution in [0, 0.1) is 27.3 Å². The Morgan fingerprint density at radius 2 is 2.12 bits per heavy atom. The standard InChI is InChI=1S/C15H9ClFN3O4/c16-12-6-11(2-3-13(12)17)24-8-15(21)19-14-4-1-10(20(22)23)5-9(14)7-18/h1-6H,8H2,(H,19,21). The molecule has 0 radical (unpaired) electrons. The molecule has 0 saturated carbocycles. The monoisotopic (exact) mass is 349 g/mol. The van der Waals surface area contributed by atoms with Gasteiger partial charge in [-0.05, 0) is 18.2 Å². The number of nitrogens with one attached hydrogen (secondary N) is 1. The number of rotatable bonds is 5. The Balaban J connectivity index is 2.03. The predicted octanol–water partition coefficient (Wildman–Crippen LogP) is 3.28. The Morgan fingerprint density at radius 3 is 2.75 bits per heavy atom. The lowest BCUT2D eigenvalue weighted by Crippen LogP contribution is -2.20. The first-order valence-corrected chi connectivity index (χ1v) is 6.84. The van der Waals surface area contributed by atoms with Crippen LogP contribution in [0.3, 0.4) is 0 Å². The minimum atomic E-state index is -0.645. The van der Waals surface area contributed by atoms with Crippen molar-refractivity contribution in [3.05, 3.63) is 62.9 Å². The van der Waals surface area contributed by atoms with Gasteiger partial charge in [-0.15, -0.1) is 0 Å². The molecule has 1 amide bonds. The largest absolute Gasteiger partial charge is 0.484 e. The third-order valence-electron chi connectivity index (χ3n) is 2.87. The Kier molecular flexibility index (Phi) is 5.29. The number of anilines is 1. The van der Waals surface area contributed by atoms with Crippen LogP contribution in [-0.2, 0) is 4.79 Å². The van der Waals surface area contributed by atoms with Crippen LogP contribution in [0.5, 0.6) is 5.75 Å². The summed E-state index contributed by atoms with van der Waals surface area (Å²) in [6.07, 6.45) is 0. The maximum Gasteiger partial charge on any atom is 0.270 e. The van der Waals surface area contributed by atoms with Crippen molar-refractivity contribution in [3.63, 3.8) is 0 Å². The summed E-state index contributed by atoms with van der Waals surface area (Å²) >= 11 is 5.59. The molecule has 0 unspecified atom stereocenters. The van der Waals surface area contributed by atoms with Crippen LogP contribution in [0.25, 0.3) is 0 Å². The average molecular weight is 350 g/mol. The fourth-order valence-corrected chi connectivity index (χ4v) is 1.92. The topological polar surface area (TPSA) is 105 Å². The zero-order valence-electron chi connectivity index (χ0n) is 12.0. The number of nitro benzene ring substituents is 1. The zero-order valence-corrected chi connectivity index (χ0v) is 12.7. The van der Waals surface area contributed by atoms with E-state index in [0.29, 0.717) is 0 Å². The van der Waals surface area contributed by atoms with Gasteiger partial charge in [0.2, 0.25) is 0 Å². The van der Waals surface area contributed by atoms with Crippen molar-refractivity contribution < 1.29 is 18.8 Å². The normalized spacial score (nSPS) is 9.88. The van der Waals surface area contributed by atoms with Crippen LogP contribution in [0.15, 0.2) is 36.4 Å². The van der Waals surface area contributed by atoms with Crippen molar-refractivity contribution in [3.8, 4) is 11.8 Å². The first-order valence-electron chi connectivity index (χ1n) is 6.47. The number of carbonyl (C=O) groups excluding carboxylic acids is 1. The molecule has 0 aliphatic heterocycles. The summed E-state index contributed by atoms with van der Waals surface area (Å²) in [6, 6.07) is 8.86. The van der Waals surface area contributed by atoms with Crippen molar-refractivity contribution in [2.24, 2.45) is 0 Å².